The van der Waals surface area contributed by atoms with Gasteiger partial charge in [-0.25, -0.2) is 9.78 Å². The number of nitrogens with zero attached hydrogens (tertiary/aromatic N) is 3. The lowest BCUT2D eigenvalue weighted by atomic mass is 10.3. The van der Waals surface area contributed by atoms with Gasteiger partial charge in [0.05, 0.1) is 0 Å². The van der Waals surface area contributed by atoms with Crippen LogP contribution in [0.1, 0.15) is 5.69 Å². The van der Waals surface area contributed by atoms with Crippen LogP contribution in [0.25, 0.3) is 0 Å². The molecule has 144 valence electrons. The third-order valence-electron chi connectivity index (χ3n) is 4.10. The maximum absolute atomic E-state index is 12.4. The number of piperazine rings is 1. The molecule has 2 aromatic rings. The molecule has 1 aliphatic rings. The number of halogens is 3. The van der Waals surface area contributed by atoms with Crippen LogP contribution in [0.2, 0.25) is 0 Å². The van der Waals surface area contributed by atoms with Crippen LogP contribution in [0.3, 0.4) is 0 Å². The van der Waals surface area contributed by atoms with Crippen molar-refractivity contribution in [2.45, 2.75) is 17.3 Å². The number of thioether (sulfide) groups is 1. The van der Waals surface area contributed by atoms with Crippen molar-refractivity contribution in [3.8, 4) is 0 Å². The molecule has 3 rings (SSSR count). The highest BCUT2D eigenvalue weighted by molar-refractivity contribution is 8.00. The van der Waals surface area contributed by atoms with E-state index in [1.807, 2.05) is 25.1 Å². The molecule has 1 aromatic carbocycles. The number of amides is 2. The summed E-state index contributed by atoms with van der Waals surface area (Å²) < 4.78 is 37.0. The smallest absolute Gasteiger partial charge is 0.353 e. The maximum atomic E-state index is 12.4. The molecule has 0 spiro atoms. The standard InChI is InChI=1S/C18H19F3N4OS/c1-13-3-2-4-16(22-13)24-9-11-25(12-10-24)17(26)23-14-5-7-15(8-6-14)27-18(19,20)21/h2-8H,9-12H2,1H3,(H,23,26). The Morgan fingerprint density at radius 2 is 1.74 bits per heavy atom. The summed E-state index contributed by atoms with van der Waals surface area (Å²) in [6.45, 7) is 4.37. The first-order valence-electron chi connectivity index (χ1n) is 8.40. The van der Waals surface area contributed by atoms with Gasteiger partial charge in [-0.3, -0.25) is 0 Å². The number of aryl methyl sites for hydroxylation is 1. The van der Waals surface area contributed by atoms with Gasteiger partial charge in [-0.1, -0.05) is 6.07 Å². The average Bonchev–Trinajstić information content (AvgIpc) is 2.62. The Morgan fingerprint density at radius 3 is 2.33 bits per heavy atom. The van der Waals surface area contributed by atoms with E-state index in [0.717, 1.165) is 11.5 Å². The number of carbonyl (C=O) groups excluding carboxylic acids is 1. The van der Waals surface area contributed by atoms with Crippen molar-refractivity contribution in [1.82, 2.24) is 9.88 Å². The fourth-order valence-electron chi connectivity index (χ4n) is 2.79. The zero-order valence-electron chi connectivity index (χ0n) is 14.7. The highest BCUT2D eigenvalue weighted by Crippen LogP contribution is 2.37. The molecular weight excluding hydrogens is 377 g/mol. The molecule has 0 aliphatic carbocycles. The minimum absolute atomic E-state index is 0.0831. The minimum Gasteiger partial charge on any atom is -0.353 e. The average molecular weight is 396 g/mol. The summed E-state index contributed by atoms with van der Waals surface area (Å²) in [7, 11) is 0. The van der Waals surface area contributed by atoms with Crippen LogP contribution in [-0.2, 0) is 0 Å². The molecule has 0 atom stereocenters. The van der Waals surface area contributed by atoms with E-state index in [1.165, 1.54) is 24.3 Å². The van der Waals surface area contributed by atoms with Crippen molar-refractivity contribution in [1.29, 1.82) is 0 Å². The van der Waals surface area contributed by atoms with Crippen molar-refractivity contribution < 1.29 is 18.0 Å². The quantitative estimate of drug-likeness (QED) is 0.784. The van der Waals surface area contributed by atoms with Crippen LogP contribution in [0, 0.1) is 6.92 Å². The largest absolute Gasteiger partial charge is 0.446 e. The van der Waals surface area contributed by atoms with Gasteiger partial charge in [0.25, 0.3) is 0 Å². The van der Waals surface area contributed by atoms with Crippen molar-refractivity contribution in [3.05, 3.63) is 48.2 Å². The fourth-order valence-corrected chi connectivity index (χ4v) is 3.33. The zero-order valence-corrected chi connectivity index (χ0v) is 15.5. The molecule has 0 radical (unpaired) electrons. The monoisotopic (exact) mass is 396 g/mol. The van der Waals surface area contributed by atoms with Gasteiger partial charge in [-0.2, -0.15) is 13.2 Å². The number of alkyl halides is 3. The van der Waals surface area contributed by atoms with E-state index in [9.17, 15) is 18.0 Å². The molecule has 1 saturated heterocycles. The number of pyridine rings is 1. The van der Waals surface area contributed by atoms with E-state index >= 15 is 0 Å². The molecule has 0 saturated carbocycles. The molecule has 0 bridgehead atoms. The number of nitrogens with one attached hydrogen (secondary N) is 1. The van der Waals surface area contributed by atoms with E-state index < -0.39 is 5.51 Å². The first-order valence-corrected chi connectivity index (χ1v) is 9.22. The SMILES string of the molecule is Cc1cccc(N2CCN(C(=O)Nc3ccc(SC(F)(F)F)cc3)CC2)n1. The normalized spacial score (nSPS) is 15.0. The molecule has 1 N–H and O–H groups in total. The van der Waals surface area contributed by atoms with Gasteiger partial charge in [0, 0.05) is 42.5 Å². The van der Waals surface area contributed by atoms with Crippen LogP contribution in [0.15, 0.2) is 47.4 Å². The fraction of sp³-hybridized carbons (Fsp3) is 0.333. The Hall–Kier alpha value is -2.42. The Kier molecular flexibility index (Phi) is 5.79. The Labute approximate surface area is 159 Å². The highest BCUT2D eigenvalue weighted by atomic mass is 32.2. The van der Waals surface area contributed by atoms with E-state index in [-0.39, 0.29) is 22.7 Å². The first-order chi connectivity index (χ1) is 12.8. The molecule has 5 nitrogen and oxygen atoms in total. The van der Waals surface area contributed by atoms with Gasteiger partial charge in [0.2, 0.25) is 0 Å². The molecule has 0 unspecified atom stereocenters. The minimum atomic E-state index is -4.32. The number of hydrogen-bond acceptors (Lipinski definition) is 4. The Balaban J connectivity index is 1.52. The number of hydrogen-bond donors (Lipinski definition) is 1. The molecular formula is C18H19F3N4OS. The zero-order chi connectivity index (χ0) is 19.4. The second-order valence-electron chi connectivity index (χ2n) is 6.11. The molecule has 1 aliphatic heterocycles. The van der Waals surface area contributed by atoms with Crippen LogP contribution in [-0.4, -0.2) is 47.6 Å². The number of carbonyl (C=O) groups is 1. The third-order valence-corrected chi connectivity index (χ3v) is 4.84. The van der Waals surface area contributed by atoms with Crippen LogP contribution in [0.4, 0.5) is 29.5 Å². The van der Waals surface area contributed by atoms with Crippen LogP contribution in [0.5, 0.6) is 0 Å². The number of benzene rings is 1. The van der Waals surface area contributed by atoms with Crippen LogP contribution >= 0.6 is 11.8 Å². The molecule has 1 fully saturated rings. The van der Waals surface area contributed by atoms with Gasteiger partial charge in [0.1, 0.15) is 5.82 Å². The van der Waals surface area contributed by atoms with E-state index in [0.29, 0.717) is 31.9 Å². The second kappa shape index (κ2) is 8.08. The van der Waals surface area contributed by atoms with Gasteiger partial charge in [0.15, 0.2) is 0 Å². The van der Waals surface area contributed by atoms with Gasteiger partial charge < -0.3 is 15.1 Å². The summed E-state index contributed by atoms with van der Waals surface area (Å²) in [5, 5.41) is 2.73. The second-order valence-corrected chi connectivity index (χ2v) is 7.25. The summed E-state index contributed by atoms with van der Waals surface area (Å²) in [6, 6.07) is 11.2. The van der Waals surface area contributed by atoms with Crippen LogP contribution < -0.4 is 10.2 Å². The van der Waals surface area contributed by atoms with Gasteiger partial charge in [-0.05, 0) is 55.1 Å². The van der Waals surface area contributed by atoms with Crippen molar-refractivity contribution in [3.63, 3.8) is 0 Å². The maximum Gasteiger partial charge on any atom is 0.446 e. The van der Waals surface area contributed by atoms with Crippen molar-refractivity contribution >= 4 is 29.3 Å². The summed E-state index contributed by atoms with van der Waals surface area (Å²) in [4.78, 5) is 20.8. The van der Waals surface area contributed by atoms with Gasteiger partial charge >= 0.3 is 11.5 Å². The lowest BCUT2D eigenvalue weighted by Crippen LogP contribution is -2.50. The van der Waals surface area contributed by atoms with E-state index in [2.05, 4.69) is 15.2 Å². The third kappa shape index (κ3) is 5.53. The predicted octanol–water partition coefficient (Wildman–Crippen LogP) is 4.36. The number of urea groups is 1. The molecule has 27 heavy (non-hydrogen) atoms. The van der Waals surface area contributed by atoms with Crippen molar-refractivity contribution in [2.24, 2.45) is 0 Å². The van der Waals surface area contributed by atoms with E-state index in [1.54, 1.807) is 4.90 Å². The molecule has 9 heteroatoms. The number of aromatic nitrogens is 1. The predicted molar refractivity (Wildman–Crippen MR) is 100 cm³/mol. The molecule has 1 aromatic heterocycles. The molecule has 2 amide bonds. The Bertz CT molecular complexity index is 790. The van der Waals surface area contributed by atoms with E-state index in [4.69, 9.17) is 0 Å². The summed E-state index contributed by atoms with van der Waals surface area (Å²) in [5.74, 6) is 0.896. The highest BCUT2D eigenvalue weighted by Gasteiger charge is 2.29. The lowest BCUT2D eigenvalue weighted by Gasteiger charge is -2.35. The Morgan fingerprint density at radius 1 is 1.07 bits per heavy atom. The number of rotatable bonds is 3. The summed E-state index contributed by atoms with van der Waals surface area (Å²) in [5.41, 5.74) is -2.91. The first kappa shape index (κ1) is 19.3. The summed E-state index contributed by atoms with van der Waals surface area (Å²) >= 11 is -0.179. The lowest BCUT2D eigenvalue weighted by molar-refractivity contribution is -0.0328. The van der Waals surface area contributed by atoms with Gasteiger partial charge in [-0.15, -0.1) is 0 Å². The summed E-state index contributed by atoms with van der Waals surface area (Å²) in [6.07, 6.45) is 0. The molecule has 2 heterocycles. The van der Waals surface area contributed by atoms with Crippen molar-refractivity contribution in [2.75, 3.05) is 36.4 Å². The number of anilines is 2. The topological polar surface area (TPSA) is 48.5 Å².